The fourth-order valence-corrected chi connectivity index (χ4v) is 3.17. The zero-order chi connectivity index (χ0) is 15.4. The molecular weight excluding hydrogens is 392 g/mol. The van der Waals surface area contributed by atoms with E-state index in [2.05, 4.69) is 37.9 Å². The van der Waals surface area contributed by atoms with Gasteiger partial charge in [-0.25, -0.2) is 0 Å². The summed E-state index contributed by atoms with van der Waals surface area (Å²) in [6, 6.07) is 16.2. The van der Waals surface area contributed by atoms with E-state index in [1.54, 1.807) is 0 Å². The van der Waals surface area contributed by atoms with Crippen molar-refractivity contribution in [2.75, 3.05) is 19.0 Å². The first-order valence-corrected chi connectivity index (χ1v) is 7.94. The molecule has 0 aliphatic heterocycles. The molecule has 2 nitrogen and oxygen atoms in total. The Bertz CT molecular complexity index is 711. The summed E-state index contributed by atoms with van der Waals surface area (Å²) in [5, 5.41) is 9.42. The summed E-state index contributed by atoms with van der Waals surface area (Å²) < 4.78 is 1.88. The fraction of sp³-hybridized carbons (Fsp3) is 0.118. The number of benzene rings is 2. The second kappa shape index (κ2) is 6.93. The van der Waals surface area contributed by atoms with Crippen LogP contribution in [0.4, 0.5) is 5.69 Å². The molecule has 0 N–H and O–H groups in total. The van der Waals surface area contributed by atoms with Gasteiger partial charge in [-0.2, -0.15) is 5.26 Å². The van der Waals surface area contributed by atoms with Crippen molar-refractivity contribution in [3.05, 3.63) is 62.5 Å². The molecule has 0 unspecified atom stereocenters. The molecule has 0 heterocycles. The van der Waals surface area contributed by atoms with Crippen molar-refractivity contribution < 1.29 is 0 Å². The molecule has 2 aromatic carbocycles. The third-order valence-corrected chi connectivity index (χ3v) is 4.21. The topological polar surface area (TPSA) is 27.0 Å². The molecule has 0 atom stereocenters. The molecule has 0 fully saturated rings. The molecule has 0 aromatic heterocycles. The number of hydrogen-bond acceptors (Lipinski definition) is 2. The Labute approximate surface area is 142 Å². The number of halogens is 2. The first-order valence-electron chi connectivity index (χ1n) is 6.36. The van der Waals surface area contributed by atoms with Crippen LogP contribution in [0, 0.1) is 11.3 Å². The average molecular weight is 406 g/mol. The van der Waals surface area contributed by atoms with Gasteiger partial charge in [0.05, 0.1) is 11.6 Å². The minimum Gasteiger partial charge on any atom is -0.378 e. The molecule has 21 heavy (non-hydrogen) atoms. The van der Waals surface area contributed by atoms with Crippen molar-refractivity contribution in [3.8, 4) is 6.07 Å². The number of allylic oxidation sites excluding steroid dienone is 1. The Balaban J connectivity index is 2.39. The summed E-state index contributed by atoms with van der Waals surface area (Å²) in [4.78, 5) is 2.05. The third kappa shape index (κ3) is 3.96. The highest BCUT2D eigenvalue weighted by atomic mass is 79.9. The van der Waals surface area contributed by atoms with Crippen molar-refractivity contribution in [1.82, 2.24) is 0 Å². The molecule has 106 valence electrons. The van der Waals surface area contributed by atoms with E-state index < -0.39 is 0 Å². The Morgan fingerprint density at radius 3 is 2.29 bits per heavy atom. The van der Waals surface area contributed by atoms with Crippen LogP contribution >= 0.6 is 31.9 Å². The molecule has 0 spiro atoms. The quantitative estimate of drug-likeness (QED) is 0.508. The maximum atomic E-state index is 9.42. The predicted octanol–water partition coefficient (Wildman–Crippen LogP) is 5.34. The van der Waals surface area contributed by atoms with Gasteiger partial charge in [0.15, 0.2) is 0 Å². The van der Waals surface area contributed by atoms with Gasteiger partial charge in [0.1, 0.15) is 0 Å². The Hall–Kier alpha value is -1.57. The first-order chi connectivity index (χ1) is 10.0. The lowest BCUT2D eigenvalue weighted by Gasteiger charge is -2.12. The van der Waals surface area contributed by atoms with E-state index in [1.165, 1.54) is 0 Å². The first kappa shape index (κ1) is 15.8. The van der Waals surface area contributed by atoms with E-state index in [9.17, 15) is 5.26 Å². The van der Waals surface area contributed by atoms with Crippen molar-refractivity contribution in [2.24, 2.45) is 0 Å². The summed E-state index contributed by atoms with van der Waals surface area (Å²) in [6.45, 7) is 0. The molecule has 0 aliphatic rings. The number of nitrogens with zero attached hydrogens (tertiary/aromatic N) is 2. The van der Waals surface area contributed by atoms with Crippen molar-refractivity contribution in [2.45, 2.75) is 0 Å². The van der Waals surface area contributed by atoms with Gasteiger partial charge in [0.25, 0.3) is 0 Å². The van der Waals surface area contributed by atoms with Crippen LogP contribution in [-0.4, -0.2) is 14.1 Å². The van der Waals surface area contributed by atoms with Gasteiger partial charge in [-0.1, -0.05) is 50.1 Å². The summed E-state index contributed by atoms with van der Waals surface area (Å²) >= 11 is 6.92. The average Bonchev–Trinajstić information content (AvgIpc) is 2.46. The molecule has 0 radical (unpaired) electrons. The number of nitriles is 1. The highest BCUT2D eigenvalue weighted by Gasteiger charge is 2.06. The highest BCUT2D eigenvalue weighted by Crippen LogP contribution is 2.28. The van der Waals surface area contributed by atoms with Gasteiger partial charge in [-0.05, 0) is 35.9 Å². The zero-order valence-electron chi connectivity index (χ0n) is 11.8. The molecule has 0 saturated heterocycles. The van der Waals surface area contributed by atoms with E-state index in [0.29, 0.717) is 5.57 Å². The normalized spacial score (nSPS) is 11.1. The lowest BCUT2D eigenvalue weighted by Crippen LogP contribution is -2.07. The van der Waals surface area contributed by atoms with Gasteiger partial charge < -0.3 is 4.90 Å². The predicted molar refractivity (Wildman–Crippen MR) is 96.1 cm³/mol. The maximum Gasteiger partial charge on any atom is 0.0998 e. The van der Waals surface area contributed by atoms with E-state index >= 15 is 0 Å². The number of hydrogen-bond donors (Lipinski definition) is 0. The van der Waals surface area contributed by atoms with Crippen LogP contribution in [0.15, 0.2) is 51.4 Å². The smallest absolute Gasteiger partial charge is 0.0998 e. The lowest BCUT2D eigenvalue weighted by atomic mass is 10.0. The molecular formula is C17H14Br2N2. The van der Waals surface area contributed by atoms with Crippen LogP contribution in [0.2, 0.25) is 0 Å². The van der Waals surface area contributed by atoms with E-state index in [4.69, 9.17) is 0 Å². The van der Waals surface area contributed by atoms with Gasteiger partial charge in [-0.15, -0.1) is 0 Å². The molecule has 0 amide bonds. The Kier molecular flexibility index (Phi) is 5.22. The second-order valence-electron chi connectivity index (χ2n) is 4.78. The SMILES string of the molecule is CN(C)c1ccc(/C=C(\C#N)c2ccc(Br)cc2Br)cc1. The van der Waals surface area contributed by atoms with Crippen LogP contribution in [-0.2, 0) is 0 Å². The summed E-state index contributed by atoms with van der Waals surface area (Å²) in [6.07, 6.45) is 1.90. The molecule has 0 bridgehead atoms. The molecule has 4 heteroatoms. The van der Waals surface area contributed by atoms with Crippen LogP contribution in [0.25, 0.3) is 11.6 Å². The Morgan fingerprint density at radius 2 is 1.76 bits per heavy atom. The summed E-state index contributed by atoms with van der Waals surface area (Å²) in [5.41, 5.74) is 3.66. The highest BCUT2D eigenvalue weighted by molar-refractivity contribution is 9.11. The standard InChI is InChI=1S/C17H14Br2N2/c1-21(2)15-6-3-12(4-7-15)9-13(11-20)16-8-5-14(18)10-17(16)19/h3-10H,1-2H3/b13-9+. The minimum atomic E-state index is 0.631. The third-order valence-electron chi connectivity index (χ3n) is 3.06. The maximum absolute atomic E-state index is 9.42. The largest absolute Gasteiger partial charge is 0.378 e. The zero-order valence-corrected chi connectivity index (χ0v) is 14.9. The van der Waals surface area contributed by atoms with Crippen molar-refractivity contribution >= 4 is 49.2 Å². The minimum absolute atomic E-state index is 0.631. The van der Waals surface area contributed by atoms with Gasteiger partial charge in [0.2, 0.25) is 0 Å². The number of rotatable bonds is 3. The van der Waals surface area contributed by atoms with E-state index in [-0.39, 0.29) is 0 Å². The van der Waals surface area contributed by atoms with Crippen molar-refractivity contribution in [1.29, 1.82) is 5.26 Å². The summed E-state index contributed by atoms with van der Waals surface area (Å²) in [7, 11) is 4.01. The van der Waals surface area contributed by atoms with E-state index in [1.807, 2.05) is 67.5 Å². The molecule has 0 saturated carbocycles. The van der Waals surface area contributed by atoms with Crippen LogP contribution in [0.3, 0.4) is 0 Å². The Morgan fingerprint density at radius 1 is 1.10 bits per heavy atom. The molecule has 2 aromatic rings. The number of anilines is 1. The van der Waals surface area contributed by atoms with Crippen LogP contribution in [0.5, 0.6) is 0 Å². The van der Waals surface area contributed by atoms with E-state index in [0.717, 1.165) is 25.8 Å². The van der Waals surface area contributed by atoms with Gasteiger partial charge in [-0.3, -0.25) is 0 Å². The molecule has 0 aliphatic carbocycles. The van der Waals surface area contributed by atoms with Gasteiger partial charge in [0, 0.05) is 34.3 Å². The summed E-state index contributed by atoms with van der Waals surface area (Å²) in [5.74, 6) is 0. The van der Waals surface area contributed by atoms with Crippen molar-refractivity contribution in [3.63, 3.8) is 0 Å². The fourth-order valence-electron chi connectivity index (χ4n) is 1.91. The second-order valence-corrected chi connectivity index (χ2v) is 6.55. The van der Waals surface area contributed by atoms with Gasteiger partial charge >= 0.3 is 0 Å². The monoisotopic (exact) mass is 404 g/mol. The lowest BCUT2D eigenvalue weighted by molar-refractivity contribution is 1.13. The van der Waals surface area contributed by atoms with Crippen LogP contribution in [0.1, 0.15) is 11.1 Å². The van der Waals surface area contributed by atoms with Crippen LogP contribution < -0.4 is 4.90 Å². The molecule has 2 rings (SSSR count).